The molecule has 0 saturated heterocycles. The largest absolute Gasteiger partial charge is 0.386 e. The van der Waals surface area contributed by atoms with Crippen LogP contribution < -0.4 is 5.32 Å². The van der Waals surface area contributed by atoms with Gasteiger partial charge in [-0.15, -0.1) is 11.8 Å². The fraction of sp³-hybridized carbons (Fsp3) is 0.188. The van der Waals surface area contributed by atoms with Crippen LogP contribution >= 0.6 is 23.4 Å². The second-order valence-corrected chi connectivity index (χ2v) is 6.07. The molecule has 6 heteroatoms. The van der Waals surface area contributed by atoms with Crippen LogP contribution in [0.1, 0.15) is 11.7 Å². The Labute approximate surface area is 137 Å². The molecule has 0 aliphatic heterocycles. The van der Waals surface area contributed by atoms with E-state index in [0.29, 0.717) is 5.02 Å². The van der Waals surface area contributed by atoms with Crippen molar-refractivity contribution in [2.75, 3.05) is 12.3 Å². The Balaban J connectivity index is 1.78. The summed E-state index contributed by atoms with van der Waals surface area (Å²) >= 11 is 7.14. The van der Waals surface area contributed by atoms with Crippen LogP contribution in [-0.2, 0) is 4.79 Å². The predicted molar refractivity (Wildman–Crippen MR) is 86.5 cm³/mol. The van der Waals surface area contributed by atoms with Gasteiger partial charge in [0, 0.05) is 22.0 Å². The minimum Gasteiger partial charge on any atom is -0.386 e. The third-order valence-corrected chi connectivity index (χ3v) is 4.20. The number of carbonyl (C=O) groups is 1. The van der Waals surface area contributed by atoms with Crippen LogP contribution in [0.4, 0.5) is 4.39 Å². The Kier molecular flexibility index (Phi) is 6.24. The van der Waals surface area contributed by atoms with Crippen LogP contribution in [0.15, 0.2) is 53.4 Å². The second-order valence-electron chi connectivity index (χ2n) is 4.58. The van der Waals surface area contributed by atoms with Crippen molar-refractivity contribution >= 4 is 29.3 Å². The normalized spacial score (nSPS) is 12.0. The van der Waals surface area contributed by atoms with E-state index in [9.17, 15) is 14.3 Å². The summed E-state index contributed by atoms with van der Waals surface area (Å²) in [5.41, 5.74) is 0.174. The highest BCUT2D eigenvalue weighted by atomic mass is 35.5. The van der Waals surface area contributed by atoms with E-state index in [1.807, 2.05) is 12.1 Å². The van der Waals surface area contributed by atoms with Gasteiger partial charge in [-0.25, -0.2) is 4.39 Å². The molecule has 22 heavy (non-hydrogen) atoms. The lowest BCUT2D eigenvalue weighted by Crippen LogP contribution is -2.30. The highest BCUT2D eigenvalue weighted by Crippen LogP contribution is 2.20. The van der Waals surface area contributed by atoms with Crippen LogP contribution in [0, 0.1) is 5.82 Å². The maximum absolute atomic E-state index is 13.5. The highest BCUT2D eigenvalue weighted by Gasteiger charge is 2.13. The van der Waals surface area contributed by atoms with Gasteiger partial charge in [0.1, 0.15) is 5.82 Å². The number of hydrogen-bond donors (Lipinski definition) is 2. The first-order chi connectivity index (χ1) is 10.6. The minimum absolute atomic E-state index is 0.0268. The molecule has 0 bridgehead atoms. The molecule has 0 heterocycles. The number of carbonyl (C=O) groups excluding carboxylic acids is 1. The molecule has 2 rings (SSSR count). The van der Waals surface area contributed by atoms with Crippen molar-refractivity contribution in [3.8, 4) is 0 Å². The van der Waals surface area contributed by atoms with Gasteiger partial charge in [0.2, 0.25) is 5.91 Å². The summed E-state index contributed by atoms with van der Waals surface area (Å²) in [6.45, 7) is -0.0268. The molecular formula is C16H15ClFNO2S. The number of halogens is 2. The molecule has 1 atom stereocenters. The van der Waals surface area contributed by atoms with Crippen LogP contribution in [0.25, 0.3) is 0 Å². The first kappa shape index (κ1) is 16.8. The van der Waals surface area contributed by atoms with Gasteiger partial charge in [0.15, 0.2) is 0 Å². The first-order valence-electron chi connectivity index (χ1n) is 6.64. The average molecular weight is 340 g/mol. The summed E-state index contributed by atoms with van der Waals surface area (Å²) in [4.78, 5) is 12.7. The Bertz CT molecular complexity index is 636. The molecule has 2 aromatic rings. The number of hydrogen-bond acceptors (Lipinski definition) is 3. The summed E-state index contributed by atoms with van der Waals surface area (Å²) in [7, 11) is 0. The topological polar surface area (TPSA) is 49.3 Å². The van der Waals surface area contributed by atoms with Gasteiger partial charge in [-0.1, -0.05) is 29.8 Å². The van der Waals surface area contributed by atoms with E-state index in [2.05, 4.69) is 5.32 Å². The number of thioether (sulfide) groups is 1. The van der Waals surface area contributed by atoms with Gasteiger partial charge in [0.05, 0.1) is 11.9 Å². The number of rotatable bonds is 6. The minimum atomic E-state index is -1.06. The van der Waals surface area contributed by atoms with Crippen LogP contribution in [-0.4, -0.2) is 23.3 Å². The summed E-state index contributed by atoms with van der Waals surface area (Å²) in [5.74, 6) is -0.499. The summed E-state index contributed by atoms with van der Waals surface area (Å²) in [5, 5.41) is 13.1. The highest BCUT2D eigenvalue weighted by molar-refractivity contribution is 8.00. The van der Waals surface area contributed by atoms with E-state index in [4.69, 9.17) is 11.6 Å². The summed E-state index contributed by atoms with van der Waals surface area (Å²) < 4.78 is 13.5. The smallest absolute Gasteiger partial charge is 0.230 e. The molecule has 116 valence electrons. The van der Waals surface area contributed by atoms with Crippen molar-refractivity contribution in [1.82, 2.24) is 5.32 Å². The molecule has 2 aromatic carbocycles. The number of nitrogens with one attached hydrogen (secondary N) is 1. The maximum Gasteiger partial charge on any atom is 0.230 e. The van der Waals surface area contributed by atoms with Gasteiger partial charge in [-0.3, -0.25) is 4.79 Å². The monoisotopic (exact) mass is 339 g/mol. The van der Waals surface area contributed by atoms with E-state index in [0.717, 1.165) is 4.90 Å². The number of benzene rings is 2. The lowest BCUT2D eigenvalue weighted by atomic mass is 10.1. The molecule has 0 saturated carbocycles. The molecule has 0 radical (unpaired) electrons. The fourth-order valence-electron chi connectivity index (χ4n) is 1.80. The number of aliphatic hydroxyl groups is 1. The molecule has 1 unspecified atom stereocenters. The maximum atomic E-state index is 13.5. The molecule has 2 N–H and O–H groups in total. The van der Waals surface area contributed by atoms with Crippen LogP contribution in [0.3, 0.4) is 0 Å². The molecule has 3 nitrogen and oxygen atoms in total. The van der Waals surface area contributed by atoms with E-state index >= 15 is 0 Å². The summed E-state index contributed by atoms with van der Waals surface area (Å²) in [6.07, 6.45) is -1.06. The molecule has 0 aromatic heterocycles. The molecule has 1 amide bonds. The standard InChI is InChI=1S/C16H15ClFNO2S/c17-11-5-7-12(8-6-11)22-10-16(21)19-9-15(20)13-3-1-2-4-14(13)18/h1-8,15,20H,9-10H2,(H,19,21). The fourth-order valence-corrected chi connectivity index (χ4v) is 2.65. The van der Waals surface area contributed by atoms with Crippen LogP contribution in [0.5, 0.6) is 0 Å². The van der Waals surface area contributed by atoms with E-state index in [1.54, 1.807) is 24.3 Å². The van der Waals surface area contributed by atoms with E-state index in [-0.39, 0.29) is 23.8 Å². The van der Waals surface area contributed by atoms with Crippen molar-refractivity contribution in [2.45, 2.75) is 11.0 Å². The van der Waals surface area contributed by atoms with Gasteiger partial charge >= 0.3 is 0 Å². The van der Waals surface area contributed by atoms with Crippen molar-refractivity contribution in [3.63, 3.8) is 0 Å². The van der Waals surface area contributed by atoms with Crippen LogP contribution in [0.2, 0.25) is 5.02 Å². The van der Waals surface area contributed by atoms with E-state index < -0.39 is 11.9 Å². The van der Waals surface area contributed by atoms with Gasteiger partial charge < -0.3 is 10.4 Å². The number of aliphatic hydroxyl groups excluding tert-OH is 1. The van der Waals surface area contributed by atoms with Crippen molar-refractivity contribution in [1.29, 1.82) is 0 Å². The van der Waals surface area contributed by atoms with Crippen molar-refractivity contribution in [3.05, 3.63) is 64.9 Å². The number of amides is 1. The zero-order valence-electron chi connectivity index (χ0n) is 11.6. The van der Waals surface area contributed by atoms with Gasteiger partial charge in [-0.2, -0.15) is 0 Å². The SMILES string of the molecule is O=C(CSc1ccc(Cl)cc1)NCC(O)c1ccccc1F. The zero-order valence-corrected chi connectivity index (χ0v) is 13.2. The lowest BCUT2D eigenvalue weighted by molar-refractivity contribution is -0.119. The van der Waals surface area contributed by atoms with Gasteiger partial charge in [-0.05, 0) is 30.3 Å². The predicted octanol–water partition coefficient (Wildman–Crippen LogP) is 3.42. The Morgan fingerprint density at radius 2 is 1.91 bits per heavy atom. The third-order valence-electron chi connectivity index (χ3n) is 2.94. The lowest BCUT2D eigenvalue weighted by Gasteiger charge is -2.13. The molecule has 0 aliphatic carbocycles. The quantitative estimate of drug-likeness (QED) is 0.793. The molecule has 0 fully saturated rings. The third kappa shape index (κ3) is 5.02. The summed E-state index contributed by atoms with van der Waals surface area (Å²) in [6, 6.07) is 13.1. The molecular weight excluding hydrogens is 325 g/mol. The van der Waals surface area contributed by atoms with Crippen molar-refractivity contribution in [2.24, 2.45) is 0 Å². The molecule has 0 spiro atoms. The zero-order chi connectivity index (χ0) is 15.9. The van der Waals surface area contributed by atoms with E-state index in [1.165, 1.54) is 23.9 Å². The average Bonchev–Trinajstić information content (AvgIpc) is 2.52. The second kappa shape index (κ2) is 8.17. The first-order valence-corrected chi connectivity index (χ1v) is 8.00. The Hall–Kier alpha value is -1.56. The van der Waals surface area contributed by atoms with Gasteiger partial charge in [0.25, 0.3) is 0 Å². The van der Waals surface area contributed by atoms with Crippen molar-refractivity contribution < 1.29 is 14.3 Å². The Morgan fingerprint density at radius 1 is 1.23 bits per heavy atom. The molecule has 0 aliphatic rings. The Morgan fingerprint density at radius 3 is 2.59 bits per heavy atom.